The minimum Gasteiger partial charge on any atom is -0.462 e. The quantitative estimate of drug-likeness (QED) is 0.304. The highest BCUT2D eigenvalue weighted by molar-refractivity contribution is 5.94. The lowest BCUT2D eigenvalue weighted by molar-refractivity contribution is -0.0278. The Morgan fingerprint density at radius 2 is 2.05 bits per heavy atom. The Morgan fingerprint density at radius 3 is 2.74 bits per heavy atom. The highest BCUT2D eigenvalue weighted by atomic mass is 35.5. The zero-order valence-corrected chi connectivity index (χ0v) is 25.4. The summed E-state index contributed by atoms with van der Waals surface area (Å²) in [4.78, 5) is 28.0. The lowest BCUT2D eigenvalue weighted by atomic mass is 9.72. The van der Waals surface area contributed by atoms with Crippen LogP contribution in [0.3, 0.4) is 0 Å². The van der Waals surface area contributed by atoms with Gasteiger partial charge in [-0.05, 0) is 70.8 Å². The molecule has 42 heavy (non-hydrogen) atoms. The number of carbonyl (C=O) groups is 1. The molecule has 0 saturated carbocycles. The number of rotatable bonds is 11. The molecule has 4 heterocycles. The number of halogens is 2. The van der Waals surface area contributed by atoms with Crippen molar-refractivity contribution in [2.45, 2.75) is 57.7 Å². The van der Waals surface area contributed by atoms with Gasteiger partial charge in [0.15, 0.2) is 18.4 Å². The van der Waals surface area contributed by atoms with Gasteiger partial charge in [0.25, 0.3) is 5.91 Å². The molecule has 3 saturated heterocycles. The summed E-state index contributed by atoms with van der Waals surface area (Å²) in [7, 11) is 0. The fraction of sp³-hybridized carbons (Fsp3) is 0.633. The highest BCUT2D eigenvalue weighted by Crippen LogP contribution is 2.44. The topological polar surface area (TPSA) is 106 Å². The third kappa shape index (κ3) is 8.08. The van der Waals surface area contributed by atoms with Crippen LogP contribution in [0.1, 0.15) is 49.9 Å². The molecule has 0 aliphatic carbocycles. The molecular formula is C30H44ClFN6O4. The van der Waals surface area contributed by atoms with Gasteiger partial charge in [-0.1, -0.05) is 6.07 Å². The van der Waals surface area contributed by atoms with Crippen molar-refractivity contribution in [3.8, 4) is 5.75 Å². The van der Waals surface area contributed by atoms with Crippen LogP contribution < -0.4 is 15.4 Å². The van der Waals surface area contributed by atoms with E-state index in [0.29, 0.717) is 36.0 Å². The number of carbonyl (C=O) groups excluding carboxylic acids is 1. The first kappa shape index (κ1) is 32.3. The van der Waals surface area contributed by atoms with Gasteiger partial charge < -0.3 is 34.6 Å². The maximum atomic E-state index is 13.6. The highest BCUT2D eigenvalue weighted by Gasteiger charge is 2.46. The molecule has 5 rings (SSSR count). The summed E-state index contributed by atoms with van der Waals surface area (Å²) in [5.74, 6) is 0.712. The molecule has 1 amide bonds. The molecule has 1 aromatic carbocycles. The van der Waals surface area contributed by atoms with E-state index in [2.05, 4.69) is 19.8 Å². The van der Waals surface area contributed by atoms with Crippen molar-refractivity contribution in [2.24, 2.45) is 11.1 Å². The van der Waals surface area contributed by atoms with Crippen LogP contribution in [0.2, 0.25) is 0 Å². The molecule has 12 heteroatoms. The van der Waals surface area contributed by atoms with Gasteiger partial charge in [0.2, 0.25) is 0 Å². The maximum absolute atomic E-state index is 13.6. The van der Waals surface area contributed by atoms with Crippen LogP contribution >= 0.6 is 12.4 Å². The molecule has 3 aliphatic heterocycles. The van der Waals surface area contributed by atoms with Crippen molar-refractivity contribution in [2.75, 3.05) is 64.2 Å². The molecule has 2 aromatic rings. The second kappa shape index (κ2) is 14.7. The molecule has 0 bridgehead atoms. The zero-order chi connectivity index (χ0) is 28.8. The van der Waals surface area contributed by atoms with Crippen molar-refractivity contribution < 1.29 is 23.4 Å². The Balaban J connectivity index is 0.00000405. The average Bonchev–Trinajstić information content (AvgIpc) is 2.95. The van der Waals surface area contributed by atoms with Crippen LogP contribution in [0.4, 0.5) is 10.2 Å². The molecular weight excluding hydrogens is 563 g/mol. The van der Waals surface area contributed by atoms with Gasteiger partial charge in [-0.3, -0.25) is 4.79 Å². The van der Waals surface area contributed by atoms with Gasteiger partial charge in [-0.25, -0.2) is 14.4 Å². The number of ether oxygens (including phenoxy) is 3. The third-order valence-electron chi connectivity index (χ3n) is 8.52. The number of hydrogen-bond donors (Lipinski definition) is 1. The van der Waals surface area contributed by atoms with Crippen LogP contribution in [0.25, 0.3) is 0 Å². The van der Waals surface area contributed by atoms with Crippen LogP contribution in [-0.4, -0.2) is 103 Å². The first-order valence-corrected chi connectivity index (χ1v) is 14.7. The lowest BCUT2D eigenvalue weighted by Gasteiger charge is -2.54. The maximum Gasteiger partial charge on any atom is 0.254 e. The fourth-order valence-corrected chi connectivity index (χ4v) is 6.06. The second-order valence-corrected chi connectivity index (χ2v) is 11.9. The average molecular weight is 607 g/mol. The van der Waals surface area contributed by atoms with E-state index in [1.165, 1.54) is 31.0 Å². The van der Waals surface area contributed by atoms with E-state index in [9.17, 15) is 9.18 Å². The summed E-state index contributed by atoms with van der Waals surface area (Å²) in [6, 6.07) is 5.87. The summed E-state index contributed by atoms with van der Waals surface area (Å²) in [6.07, 6.45) is 7.97. The van der Waals surface area contributed by atoms with Crippen LogP contribution in [0, 0.1) is 11.2 Å². The summed E-state index contributed by atoms with van der Waals surface area (Å²) in [5, 5.41) is 0. The Hall–Kier alpha value is -2.57. The number of likely N-dealkylation sites (tertiary alicyclic amines) is 1. The number of nitrogens with two attached hydrogens (primary N) is 1. The molecule has 3 aliphatic rings. The van der Waals surface area contributed by atoms with E-state index < -0.39 is 5.82 Å². The van der Waals surface area contributed by atoms with Gasteiger partial charge in [0.1, 0.15) is 12.1 Å². The number of benzene rings is 1. The minimum atomic E-state index is -0.431. The van der Waals surface area contributed by atoms with E-state index in [1.54, 1.807) is 23.5 Å². The van der Waals surface area contributed by atoms with E-state index >= 15 is 0 Å². The Bertz CT molecular complexity index is 1150. The van der Waals surface area contributed by atoms with E-state index in [1.807, 2.05) is 13.8 Å². The predicted octanol–water partition coefficient (Wildman–Crippen LogP) is 3.35. The molecule has 1 aromatic heterocycles. The first-order valence-electron chi connectivity index (χ1n) is 14.7. The normalized spacial score (nSPS) is 22.0. The number of anilines is 1. The molecule has 1 spiro atoms. The van der Waals surface area contributed by atoms with E-state index in [-0.39, 0.29) is 43.8 Å². The fourth-order valence-electron chi connectivity index (χ4n) is 6.06. The van der Waals surface area contributed by atoms with Gasteiger partial charge >= 0.3 is 0 Å². The van der Waals surface area contributed by atoms with E-state index in [0.717, 1.165) is 51.4 Å². The molecule has 232 valence electrons. The monoisotopic (exact) mass is 606 g/mol. The van der Waals surface area contributed by atoms with E-state index in [4.69, 9.17) is 19.9 Å². The van der Waals surface area contributed by atoms with Gasteiger partial charge in [-0.2, -0.15) is 0 Å². The van der Waals surface area contributed by atoms with Crippen LogP contribution in [0.5, 0.6) is 5.75 Å². The number of amides is 1. The molecule has 10 nitrogen and oxygen atoms in total. The van der Waals surface area contributed by atoms with Gasteiger partial charge in [0, 0.05) is 49.2 Å². The van der Waals surface area contributed by atoms with Gasteiger partial charge in [0.05, 0.1) is 25.5 Å². The van der Waals surface area contributed by atoms with Crippen molar-refractivity contribution in [1.29, 1.82) is 0 Å². The standard InChI is InChI=1S/C30H43FN6O4.ClH/c1-22(2)37(29(38)23-4-3-5-24(31)14-23)12-13-39-21-41-27-15-33-20-34-28(27)36-18-30(19-36)8-10-35(11-9-30)16-26-7-6-25(32)17-40-26;/h3-5,14-15,20,22,25-26H,6-13,16-19,21,32H2,1-2H3;1H/t25-,26+;/m1./s1. The molecule has 2 atom stereocenters. The number of aromatic nitrogens is 2. The van der Waals surface area contributed by atoms with Crippen molar-refractivity contribution in [3.63, 3.8) is 0 Å². The zero-order valence-electron chi connectivity index (χ0n) is 24.6. The van der Waals surface area contributed by atoms with Crippen molar-refractivity contribution in [1.82, 2.24) is 19.8 Å². The summed E-state index contributed by atoms with van der Waals surface area (Å²) in [5.41, 5.74) is 6.61. The number of piperidine rings is 1. The smallest absolute Gasteiger partial charge is 0.254 e. The minimum absolute atomic E-state index is 0. The largest absolute Gasteiger partial charge is 0.462 e. The summed E-state index contributed by atoms with van der Waals surface area (Å²) >= 11 is 0. The molecule has 3 fully saturated rings. The van der Waals surface area contributed by atoms with Crippen molar-refractivity contribution >= 4 is 24.1 Å². The van der Waals surface area contributed by atoms with Crippen LogP contribution in [-0.2, 0) is 9.47 Å². The Kier molecular flexibility index (Phi) is 11.4. The summed E-state index contributed by atoms with van der Waals surface area (Å²) in [6.45, 7) is 10.3. The first-order chi connectivity index (χ1) is 19.8. The number of hydrogen-bond acceptors (Lipinski definition) is 9. The molecule has 0 radical (unpaired) electrons. The van der Waals surface area contributed by atoms with Crippen molar-refractivity contribution in [3.05, 3.63) is 48.2 Å². The SMILES string of the molecule is CC(C)N(CCOCOc1cncnc1N1CC2(CCN(C[C@@H]3CC[C@@H](N)CO3)CC2)C1)C(=O)c1cccc(F)c1.Cl. The summed E-state index contributed by atoms with van der Waals surface area (Å²) < 4.78 is 31.2. The third-order valence-corrected chi connectivity index (χ3v) is 8.52. The Labute approximate surface area is 254 Å². The second-order valence-electron chi connectivity index (χ2n) is 11.9. The van der Waals surface area contributed by atoms with Gasteiger partial charge in [-0.15, -0.1) is 12.4 Å². The Morgan fingerprint density at radius 1 is 1.26 bits per heavy atom. The number of nitrogens with zero attached hydrogens (tertiary/aromatic N) is 5. The predicted molar refractivity (Wildman–Crippen MR) is 161 cm³/mol. The molecule has 2 N–H and O–H groups in total. The lowest BCUT2D eigenvalue weighted by Crippen LogP contribution is -2.61. The van der Waals surface area contributed by atoms with Crippen LogP contribution in [0.15, 0.2) is 36.8 Å². The molecule has 0 unspecified atom stereocenters.